The largest absolute Gasteiger partial charge is 0.370 e. The molecule has 12 nitrogen and oxygen atoms in total. The summed E-state index contributed by atoms with van der Waals surface area (Å²) in [6.07, 6.45) is 0. The van der Waals surface area contributed by atoms with Gasteiger partial charge in [-0.15, -0.1) is 9.97 Å². The first-order valence-electron chi connectivity index (χ1n) is 11.0. The molecule has 0 atom stereocenters. The van der Waals surface area contributed by atoms with Gasteiger partial charge in [-0.2, -0.15) is 20.5 Å². The second kappa shape index (κ2) is 6.58. The van der Waals surface area contributed by atoms with E-state index in [0.29, 0.717) is 22.8 Å². The number of nitriles is 2. The third-order valence-corrected chi connectivity index (χ3v) is 6.61. The summed E-state index contributed by atoms with van der Waals surface area (Å²) in [4.78, 5) is 42.2. The smallest absolute Gasteiger partial charge is 0.316 e. The summed E-state index contributed by atoms with van der Waals surface area (Å²) in [6, 6.07) is 11.5. The van der Waals surface area contributed by atoms with Crippen LogP contribution >= 0.6 is 0 Å². The fourth-order valence-electron chi connectivity index (χ4n) is 5.10. The summed E-state index contributed by atoms with van der Waals surface area (Å²) in [7, 11) is 0. The molecule has 4 aromatic heterocycles. The first-order valence-corrected chi connectivity index (χ1v) is 11.0. The van der Waals surface area contributed by atoms with E-state index < -0.39 is 0 Å². The summed E-state index contributed by atoms with van der Waals surface area (Å²) in [5.74, 6) is -0.224. The minimum atomic E-state index is -0.112. The number of benzene rings is 2. The Kier molecular flexibility index (Phi) is 3.42. The van der Waals surface area contributed by atoms with Crippen LogP contribution in [0.5, 0.6) is 0 Å². The maximum Gasteiger partial charge on any atom is 0.316 e. The maximum absolute atomic E-state index is 9.35. The highest BCUT2D eigenvalue weighted by atomic mass is 15.1. The Balaban J connectivity index is 1.42. The number of nitrogens with zero attached hydrogens (tertiary/aromatic N) is 12. The minimum absolute atomic E-state index is 0.102. The van der Waals surface area contributed by atoms with Crippen LogP contribution in [0.1, 0.15) is 11.4 Å². The molecule has 0 spiro atoms. The van der Waals surface area contributed by atoms with Crippen LogP contribution in [-0.4, -0.2) is 39.9 Å². The summed E-state index contributed by atoms with van der Waals surface area (Å²) < 4.78 is 0. The van der Waals surface area contributed by atoms with Crippen molar-refractivity contribution in [2.24, 2.45) is 0 Å². The van der Waals surface area contributed by atoms with Crippen molar-refractivity contribution in [1.82, 2.24) is 39.9 Å². The van der Waals surface area contributed by atoms with Gasteiger partial charge in [0, 0.05) is 33.0 Å². The van der Waals surface area contributed by atoms with Crippen molar-refractivity contribution in [1.29, 1.82) is 10.5 Å². The first kappa shape index (κ1) is 19.8. The molecule has 12 heteroatoms. The molecule has 2 aliphatic carbocycles. The van der Waals surface area contributed by atoms with E-state index in [2.05, 4.69) is 39.6 Å². The number of aromatic nitrogens is 8. The molecule has 6 aromatic rings. The second-order valence-electron chi connectivity index (χ2n) is 8.45. The van der Waals surface area contributed by atoms with E-state index in [1.54, 1.807) is 0 Å². The molecule has 0 aliphatic heterocycles. The summed E-state index contributed by atoms with van der Waals surface area (Å²) in [5, 5.41) is 20.5. The summed E-state index contributed by atoms with van der Waals surface area (Å²) >= 11 is 0. The SMILES string of the molecule is [C-]#[N+]c1nc2nc3c(nc2nc1[N+]#[C-])-c1ccc2c4c(ccc-3c14)-c1nc3nc(C#N)c(C#N)nc3nc1-2. The van der Waals surface area contributed by atoms with Gasteiger partial charge in [0.1, 0.15) is 23.5 Å². The van der Waals surface area contributed by atoms with Crippen LogP contribution in [0.25, 0.3) is 88.1 Å². The van der Waals surface area contributed by atoms with Gasteiger partial charge in [-0.1, -0.05) is 37.4 Å². The highest BCUT2D eigenvalue weighted by Crippen LogP contribution is 2.54. The van der Waals surface area contributed by atoms with Gasteiger partial charge in [-0.05, 0) is 0 Å². The molecule has 8 rings (SSSR count). The van der Waals surface area contributed by atoms with E-state index in [1.807, 2.05) is 36.4 Å². The van der Waals surface area contributed by atoms with Gasteiger partial charge in [0.25, 0.3) is 11.6 Å². The van der Waals surface area contributed by atoms with Crippen molar-refractivity contribution in [3.63, 3.8) is 0 Å². The zero-order valence-corrected chi connectivity index (χ0v) is 18.7. The van der Waals surface area contributed by atoms with Gasteiger partial charge in [-0.3, -0.25) is 0 Å². The third-order valence-electron chi connectivity index (χ3n) is 6.61. The molecule has 0 saturated carbocycles. The van der Waals surface area contributed by atoms with Gasteiger partial charge in [-0.25, -0.2) is 19.9 Å². The molecule has 38 heavy (non-hydrogen) atoms. The highest BCUT2D eigenvalue weighted by Gasteiger charge is 2.34. The van der Waals surface area contributed by atoms with E-state index in [4.69, 9.17) is 23.1 Å². The molecule has 0 unspecified atom stereocenters. The highest BCUT2D eigenvalue weighted by molar-refractivity contribution is 6.25. The lowest BCUT2D eigenvalue weighted by Crippen LogP contribution is -2.01. The van der Waals surface area contributed by atoms with Crippen LogP contribution in [0.2, 0.25) is 0 Å². The summed E-state index contributed by atoms with van der Waals surface area (Å²) in [6.45, 7) is 14.6. The average molecular weight is 484 g/mol. The zero-order valence-electron chi connectivity index (χ0n) is 18.7. The van der Waals surface area contributed by atoms with Gasteiger partial charge in [0.15, 0.2) is 22.7 Å². The molecule has 0 saturated heterocycles. The van der Waals surface area contributed by atoms with Gasteiger partial charge >= 0.3 is 11.3 Å². The normalized spacial score (nSPS) is 11.6. The van der Waals surface area contributed by atoms with Gasteiger partial charge in [0.05, 0.1) is 11.4 Å². The summed E-state index contributed by atoms with van der Waals surface area (Å²) in [5.41, 5.74) is 6.35. The Morgan fingerprint density at radius 2 is 0.816 bits per heavy atom. The molecule has 0 radical (unpaired) electrons. The van der Waals surface area contributed by atoms with Gasteiger partial charge in [0.2, 0.25) is 0 Å². The minimum Gasteiger partial charge on any atom is -0.370 e. The second-order valence-corrected chi connectivity index (χ2v) is 8.45. The Hall–Kier alpha value is -6.50. The van der Waals surface area contributed by atoms with Crippen molar-refractivity contribution in [3.8, 4) is 57.2 Å². The first-order chi connectivity index (χ1) is 18.6. The molecule has 0 fully saturated rings. The quantitative estimate of drug-likeness (QED) is 0.281. The molecule has 2 aliphatic rings. The van der Waals surface area contributed by atoms with E-state index in [-0.39, 0.29) is 45.6 Å². The Bertz CT molecular complexity index is 2020. The lowest BCUT2D eigenvalue weighted by atomic mass is 9.99. The van der Waals surface area contributed by atoms with Crippen molar-refractivity contribution in [2.45, 2.75) is 0 Å². The van der Waals surface area contributed by atoms with E-state index in [9.17, 15) is 10.5 Å². The molecular formula is C26H4N12. The molecule has 2 aromatic carbocycles. The Morgan fingerprint density at radius 3 is 1.11 bits per heavy atom. The van der Waals surface area contributed by atoms with Crippen LogP contribution in [0.3, 0.4) is 0 Å². The molecule has 0 bridgehead atoms. The Labute approximate surface area is 211 Å². The third kappa shape index (κ3) is 2.24. The zero-order chi connectivity index (χ0) is 25.7. The van der Waals surface area contributed by atoms with Crippen molar-refractivity contribution >= 4 is 45.0 Å². The fraction of sp³-hybridized carbons (Fsp3) is 0. The van der Waals surface area contributed by atoms with Crippen molar-refractivity contribution in [2.75, 3.05) is 0 Å². The van der Waals surface area contributed by atoms with Crippen LogP contribution in [-0.2, 0) is 0 Å². The molecular weight excluding hydrogens is 480 g/mol. The number of rotatable bonds is 0. The van der Waals surface area contributed by atoms with E-state index in [1.165, 1.54) is 0 Å². The predicted molar refractivity (Wildman–Crippen MR) is 132 cm³/mol. The van der Waals surface area contributed by atoms with Crippen LogP contribution < -0.4 is 0 Å². The van der Waals surface area contributed by atoms with Crippen LogP contribution in [0.4, 0.5) is 11.6 Å². The molecule has 168 valence electrons. The van der Waals surface area contributed by atoms with E-state index in [0.717, 1.165) is 33.0 Å². The van der Waals surface area contributed by atoms with Crippen molar-refractivity contribution in [3.05, 3.63) is 58.5 Å². The average Bonchev–Trinajstić information content (AvgIpc) is 3.44. The molecule has 0 N–H and O–H groups in total. The standard InChI is InChI=1S/C26H4N12/c1-29-21-22(30-2)38-26-25(37-21)35-19-11-5-3-9-15-10(4-6-12(16(11)15)20(19)36-26)18-17(9)33-23-24(34-18)32-14(8-28)13(7-27)31-23/h3-6H. The number of hydrogen-bond donors (Lipinski definition) is 0. The van der Waals surface area contributed by atoms with E-state index >= 15 is 0 Å². The number of hydrogen-bond acceptors (Lipinski definition) is 10. The Morgan fingerprint density at radius 1 is 0.500 bits per heavy atom. The predicted octanol–water partition coefficient (Wildman–Crippen LogP) is 4.45. The maximum atomic E-state index is 9.35. The van der Waals surface area contributed by atoms with Crippen LogP contribution in [0.15, 0.2) is 24.3 Å². The lowest BCUT2D eigenvalue weighted by Gasteiger charge is -2.04. The van der Waals surface area contributed by atoms with Crippen molar-refractivity contribution < 1.29 is 0 Å². The fourth-order valence-corrected chi connectivity index (χ4v) is 5.10. The number of fused-ring (bicyclic) bond motifs is 8. The van der Waals surface area contributed by atoms with Gasteiger partial charge < -0.3 is 9.69 Å². The molecule has 0 amide bonds. The topological polar surface area (TPSA) is 159 Å². The monoisotopic (exact) mass is 484 g/mol. The van der Waals surface area contributed by atoms with Crippen LogP contribution in [0, 0.1) is 35.8 Å². The lowest BCUT2D eigenvalue weighted by molar-refractivity contribution is 1.12. The molecule has 4 heterocycles.